The molecule has 0 bridgehead atoms. The van der Waals surface area contributed by atoms with Crippen molar-refractivity contribution in [1.82, 2.24) is 20.1 Å². The van der Waals surface area contributed by atoms with Gasteiger partial charge in [-0.1, -0.05) is 48.0 Å². The van der Waals surface area contributed by atoms with E-state index in [4.69, 9.17) is 21.1 Å². The number of hydrogen-bond donors (Lipinski definition) is 3. The average Bonchev–Trinajstić information content (AvgIpc) is 3.17. The number of aliphatic hydroxyl groups is 1. The molecule has 1 unspecified atom stereocenters. The molecule has 14 heteroatoms. The van der Waals surface area contributed by atoms with E-state index in [9.17, 15) is 28.7 Å². The van der Waals surface area contributed by atoms with Crippen molar-refractivity contribution in [3.63, 3.8) is 0 Å². The summed E-state index contributed by atoms with van der Waals surface area (Å²) in [4.78, 5) is 20.4. The number of likely N-dealkylation sites (N-methyl/N-ethyl adjacent to an activating group) is 1. The smallest absolute Gasteiger partial charge is 0.326 e. The number of sulfone groups is 1. The number of benzene rings is 3. The van der Waals surface area contributed by atoms with Crippen LogP contribution in [-0.4, -0.2) is 96.3 Å². The summed E-state index contributed by atoms with van der Waals surface area (Å²) >= 11 is 6.74. The number of carboxylic acid groups (broad SMARTS) is 1. The van der Waals surface area contributed by atoms with Gasteiger partial charge >= 0.3 is 5.97 Å². The van der Waals surface area contributed by atoms with Crippen molar-refractivity contribution in [1.29, 1.82) is 5.26 Å². The van der Waals surface area contributed by atoms with Crippen molar-refractivity contribution in [3.8, 4) is 28.7 Å². The number of aromatic nitrogens is 1. The maximum Gasteiger partial charge on any atom is 0.326 e. The molecule has 3 N–H and O–H groups in total. The van der Waals surface area contributed by atoms with Crippen molar-refractivity contribution in [2.24, 2.45) is 0 Å². The van der Waals surface area contributed by atoms with Crippen LogP contribution in [0.25, 0.3) is 11.1 Å². The van der Waals surface area contributed by atoms with Gasteiger partial charge in [0, 0.05) is 68.9 Å². The van der Waals surface area contributed by atoms with E-state index in [1.54, 1.807) is 24.4 Å². The number of aliphatic hydroxyl groups excluding tert-OH is 1. The number of nitrogens with zero attached hydrogens (tertiary/aromatic N) is 4. The highest BCUT2D eigenvalue weighted by Crippen LogP contribution is 2.36. The summed E-state index contributed by atoms with van der Waals surface area (Å²) in [5, 5.41) is 31.9. The third-order valence-corrected chi connectivity index (χ3v) is 12.0. The van der Waals surface area contributed by atoms with Crippen molar-refractivity contribution in [2.45, 2.75) is 52.6 Å². The van der Waals surface area contributed by atoms with Gasteiger partial charge in [-0.15, -0.1) is 0 Å². The lowest BCUT2D eigenvalue weighted by Gasteiger charge is -2.28. The van der Waals surface area contributed by atoms with Crippen LogP contribution in [0.5, 0.6) is 11.5 Å². The van der Waals surface area contributed by atoms with Crippen molar-refractivity contribution < 1.29 is 32.9 Å². The number of carbonyl (C=O) groups is 1. The first-order chi connectivity index (χ1) is 26.2. The summed E-state index contributed by atoms with van der Waals surface area (Å²) in [6, 6.07) is 19.5. The van der Waals surface area contributed by atoms with Gasteiger partial charge in [-0.25, -0.2) is 8.42 Å². The highest BCUT2D eigenvalue weighted by molar-refractivity contribution is 7.91. The monoisotopic (exact) mass is 789 g/mol. The van der Waals surface area contributed by atoms with Crippen LogP contribution in [0.2, 0.25) is 5.02 Å². The number of rotatable bonds is 17. The number of hydrogen-bond acceptors (Lipinski definition) is 11. The second-order valence-electron chi connectivity index (χ2n) is 14.2. The van der Waals surface area contributed by atoms with E-state index in [1.165, 1.54) is 24.2 Å². The molecule has 0 spiro atoms. The Balaban J connectivity index is 1.32. The maximum atomic E-state index is 11.8. The molecule has 1 saturated heterocycles. The van der Waals surface area contributed by atoms with Crippen molar-refractivity contribution in [2.75, 3.05) is 51.3 Å². The van der Waals surface area contributed by atoms with Gasteiger partial charge in [0.1, 0.15) is 36.3 Å². The van der Waals surface area contributed by atoms with Gasteiger partial charge in [0.2, 0.25) is 0 Å². The van der Waals surface area contributed by atoms with Crippen LogP contribution in [-0.2, 0) is 40.9 Å². The third-order valence-electron chi connectivity index (χ3n) is 10.1. The third kappa shape index (κ3) is 10.8. The first-order valence-corrected chi connectivity index (χ1v) is 20.2. The number of ether oxygens (including phenoxy) is 2. The number of nitrogens with one attached hydrogen (secondary N) is 1. The standard InChI is InChI=1S/C41H48ClN5O7S/c1-28-32(24-46(4)11-12-47-13-15-55(51,52)16-14-47)7-5-9-35(28)36-10-6-8-33(29(36)2)26-54-39-19-38(53-25-31-17-30(20-43)21-44-22-31)34(18-37(39)42)23-45-41(3,27-48)40(49)50/h5-10,17-19,21-22,45,48H,11-16,23-27H2,1-4H3,(H,49,50). The summed E-state index contributed by atoms with van der Waals surface area (Å²) in [5.41, 5.74) is 6.65. The molecule has 12 nitrogen and oxygen atoms in total. The zero-order valence-corrected chi connectivity index (χ0v) is 33.2. The van der Waals surface area contributed by atoms with Gasteiger partial charge in [-0.05, 0) is 73.3 Å². The van der Waals surface area contributed by atoms with Gasteiger partial charge in [-0.2, -0.15) is 5.26 Å². The second kappa shape index (κ2) is 18.4. The van der Waals surface area contributed by atoms with Gasteiger partial charge in [0.15, 0.2) is 9.84 Å². The number of pyridine rings is 1. The summed E-state index contributed by atoms with van der Waals surface area (Å²) in [5.74, 6) is -0.000454. The van der Waals surface area contributed by atoms with E-state index in [-0.39, 0.29) is 31.3 Å². The fourth-order valence-electron chi connectivity index (χ4n) is 6.33. The molecule has 55 heavy (non-hydrogen) atoms. The molecule has 4 aromatic rings. The Labute approximate surface area is 328 Å². The maximum absolute atomic E-state index is 11.8. The highest BCUT2D eigenvalue weighted by atomic mass is 35.5. The Morgan fingerprint density at radius 2 is 1.65 bits per heavy atom. The Hall–Kier alpha value is -4.55. The minimum atomic E-state index is -2.90. The van der Waals surface area contributed by atoms with E-state index in [0.29, 0.717) is 46.3 Å². The van der Waals surface area contributed by atoms with Crippen LogP contribution < -0.4 is 14.8 Å². The molecular formula is C41H48ClN5O7S. The molecule has 292 valence electrons. The molecule has 1 aliphatic heterocycles. The highest BCUT2D eigenvalue weighted by Gasteiger charge is 2.32. The van der Waals surface area contributed by atoms with Crippen LogP contribution in [0.1, 0.15) is 45.9 Å². The van der Waals surface area contributed by atoms with E-state index in [2.05, 4.69) is 71.3 Å². The molecule has 2 heterocycles. The van der Waals surface area contributed by atoms with Gasteiger partial charge in [0.25, 0.3) is 0 Å². The lowest BCUT2D eigenvalue weighted by atomic mass is 9.91. The molecule has 0 saturated carbocycles. The normalized spacial score (nSPS) is 15.3. The molecule has 1 fully saturated rings. The van der Waals surface area contributed by atoms with Gasteiger partial charge < -0.3 is 29.5 Å². The van der Waals surface area contributed by atoms with E-state index >= 15 is 0 Å². The number of carboxylic acids is 1. The number of halogens is 1. The zero-order valence-electron chi connectivity index (χ0n) is 31.6. The first kappa shape index (κ1) is 41.6. The van der Waals surface area contributed by atoms with E-state index in [0.717, 1.165) is 41.9 Å². The molecule has 1 atom stereocenters. The Morgan fingerprint density at radius 3 is 2.31 bits per heavy atom. The minimum absolute atomic E-state index is 0.0232. The van der Waals surface area contributed by atoms with Crippen molar-refractivity contribution >= 4 is 27.4 Å². The molecule has 1 aliphatic rings. The summed E-state index contributed by atoms with van der Waals surface area (Å²) < 4.78 is 36.1. The zero-order chi connectivity index (χ0) is 39.8. The number of nitriles is 1. The molecule has 3 aromatic carbocycles. The van der Waals surface area contributed by atoms with E-state index < -0.39 is 28.0 Å². The predicted octanol–water partition coefficient (Wildman–Crippen LogP) is 5.14. The van der Waals surface area contributed by atoms with Crippen LogP contribution in [0.4, 0.5) is 0 Å². The Kier molecular flexibility index (Phi) is 13.9. The fraction of sp³-hybridized carbons (Fsp3) is 0.390. The Morgan fingerprint density at radius 1 is 1.00 bits per heavy atom. The minimum Gasteiger partial charge on any atom is -0.488 e. The summed E-state index contributed by atoms with van der Waals surface area (Å²) in [7, 11) is -0.809. The van der Waals surface area contributed by atoms with Crippen LogP contribution in [0.3, 0.4) is 0 Å². The number of aliphatic carboxylic acids is 1. The lowest BCUT2D eigenvalue weighted by Crippen LogP contribution is -2.52. The molecule has 0 aliphatic carbocycles. The molecule has 5 rings (SSSR count). The molecule has 0 amide bonds. The molecule has 1 aromatic heterocycles. The summed E-state index contributed by atoms with van der Waals surface area (Å²) in [6.07, 6.45) is 3.05. The molecule has 0 radical (unpaired) electrons. The predicted molar refractivity (Wildman–Crippen MR) is 212 cm³/mol. The van der Waals surface area contributed by atoms with Crippen molar-refractivity contribution in [3.05, 3.63) is 111 Å². The molecular weight excluding hydrogens is 742 g/mol. The fourth-order valence-corrected chi connectivity index (χ4v) is 7.84. The van der Waals surface area contributed by atoms with Gasteiger partial charge in [-0.3, -0.25) is 15.1 Å². The average molecular weight is 790 g/mol. The second-order valence-corrected chi connectivity index (χ2v) is 16.9. The van der Waals surface area contributed by atoms with E-state index in [1.807, 2.05) is 12.1 Å². The van der Waals surface area contributed by atoms with Crippen LogP contribution in [0.15, 0.2) is 67.0 Å². The Bertz CT molecular complexity index is 2150. The van der Waals surface area contributed by atoms with Crippen LogP contribution >= 0.6 is 11.6 Å². The topological polar surface area (TPSA) is 165 Å². The van der Waals surface area contributed by atoms with Gasteiger partial charge in [0.05, 0.1) is 28.7 Å². The first-order valence-electron chi connectivity index (χ1n) is 18.0. The quantitative estimate of drug-likeness (QED) is 0.129. The largest absolute Gasteiger partial charge is 0.488 e. The summed E-state index contributed by atoms with van der Waals surface area (Å²) in [6.45, 7) is 8.87. The van der Waals surface area contributed by atoms with Crippen LogP contribution in [0, 0.1) is 25.2 Å². The SMILES string of the molecule is Cc1c(COc2cc(OCc3cncc(C#N)c3)c(CNC(C)(CO)C(=O)O)cc2Cl)cccc1-c1cccc(CN(C)CCN2CCS(=O)(=O)CC2)c1C. The lowest BCUT2D eigenvalue weighted by molar-refractivity contribution is -0.145.